The monoisotopic (exact) mass is 523 g/mol. The molecule has 12 nitrogen and oxygen atoms in total. The van der Waals surface area contributed by atoms with Gasteiger partial charge in [0.2, 0.25) is 11.8 Å². The second-order valence-electron chi connectivity index (χ2n) is 8.27. The van der Waals surface area contributed by atoms with E-state index >= 15 is 0 Å². The highest BCUT2D eigenvalue weighted by Gasteiger charge is 2.25. The van der Waals surface area contributed by atoms with E-state index in [0.717, 1.165) is 5.56 Å². The average molecular weight is 524 g/mol. The number of benzene rings is 2. The third kappa shape index (κ3) is 8.97. The van der Waals surface area contributed by atoms with Crippen LogP contribution in [0.3, 0.4) is 0 Å². The number of aromatic amines is 1. The van der Waals surface area contributed by atoms with Crippen LogP contribution < -0.4 is 16.0 Å². The Morgan fingerprint density at radius 1 is 0.947 bits per heavy atom. The van der Waals surface area contributed by atoms with E-state index in [1.807, 2.05) is 18.2 Å². The van der Waals surface area contributed by atoms with Gasteiger partial charge in [-0.15, -0.1) is 0 Å². The van der Waals surface area contributed by atoms with Crippen molar-refractivity contribution >= 4 is 23.9 Å². The number of phenolic OH excluding ortho intramolecular Hbond substituents is 1. The number of phenols is 1. The molecule has 0 radical (unpaired) electrons. The van der Waals surface area contributed by atoms with Crippen LogP contribution in [0.5, 0.6) is 5.75 Å². The van der Waals surface area contributed by atoms with Crippen LogP contribution in [0.15, 0.2) is 67.1 Å². The van der Waals surface area contributed by atoms with Crippen LogP contribution in [-0.4, -0.2) is 64.7 Å². The molecule has 0 unspecified atom stereocenters. The maximum atomic E-state index is 12.9. The fourth-order valence-electron chi connectivity index (χ4n) is 3.47. The van der Waals surface area contributed by atoms with E-state index in [0.29, 0.717) is 11.3 Å². The van der Waals surface area contributed by atoms with Crippen molar-refractivity contribution in [3.05, 3.63) is 83.9 Å². The van der Waals surface area contributed by atoms with Crippen molar-refractivity contribution in [1.82, 2.24) is 25.9 Å². The average Bonchev–Trinajstić information content (AvgIpc) is 3.44. The second kappa shape index (κ2) is 14.0. The number of aromatic hydroxyl groups is 1. The molecule has 3 aromatic rings. The zero-order valence-electron chi connectivity index (χ0n) is 20.7. The highest BCUT2D eigenvalue weighted by Crippen LogP contribution is 2.12. The zero-order chi connectivity index (χ0) is 27.3. The van der Waals surface area contributed by atoms with Gasteiger partial charge in [0.15, 0.2) is 0 Å². The lowest BCUT2D eigenvalue weighted by molar-refractivity contribution is -0.145. The number of carbonyl (C=O) groups is 4. The maximum absolute atomic E-state index is 12.9. The Hall–Kier alpha value is -4.87. The van der Waals surface area contributed by atoms with E-state index in [4.69, 9.17) is 9.47 Å². The number of rotatable bonds is 12. The van der Waals surface area contributed by atoms with E-state index in [9.17, 15) is 24.3 Å². The molecule has 0 saturated carbocycles. The quantitative estimate of drug-likeness (QED) is 0.219. The molecule has 0 aliphatic heterocycles. The summed E-state index contributed by atoms with van der Waals surface area (Å²) in [5.74, 6) is -1.88. The van der Waals surface area contributed by atoms with Crippen LogP contribution >= 0.6 is 0 Å². The van der Waals surface area contributed by atoms with Crippen LogP contribution in [0.25, 0.3) is 0 Å². The standard InChI is InChI=1S/C26H29N5O7/c1-37-25(35)22(11-17-7-9-20(32)10-8-17)30-23(33)14-28-24(34)21(12-19-13-27-16-29-19)31-26(36)38-15-18-5-3-2-4-6-18/h2-10,13,16,21-22,32H,11-12,14-15H2,1H3,(H,27,29)(H,28,34)(H,30,33)(H,31,36)/t21-,22-/m0/s1. The molecule has 1 aromatic heterocycles. The number of aromatic nitrogens is 2. The van der Waals surface area contributed by atoms with Crippen LogP contribution in [0.2, 0.25) is 0 Å². The Labute approximate surface area is 218 Å². The number of imidazole rings is 1. The summed E-state index contributed by atoms with van der Waals surface area (Å²) >= 11 is 0. The van der Waals surface area contributed by atoms with Gasteiger partial charge in [-0.05, 0) is 23.3 Å². The predicted molar refractivity (Wildman–Crippen MR) is 135 cm³/mol. The highest BCUT2D eigenvalue weighted by atomic mass is 16.5. The molecule has 1 heterocycles. The fraction of sp³-hybridized carbons (Fsp3) is 0.269. The molecular weight excluding hydrogens is 494 g/mol. The molecule has 0 aliphatic carbocycles. The molecule has 0 bridgehead atoms. The topological polar surface area (TPSA) is 172 Å². The minimum absolute atomic E-state index is 0.0173. The van der Waals surface area contributed by atoms with Crippen LogP contribution in [-0.2, 0) is 43.3 Å². The number of nitrogens with zero attached hydrogens (tertiary/aromatic N) is 1. The van der Waals surface area contributed by atoms with Gasteiger partial charge >= 0.3 is 12.1 Å². The third-order valence-corrected chi connectivity index (χ3v) is 5.42. The van der Waals surface area contributed by atoms with Crippen molar-refractivity contribution in [2.45, 2.75) is 31.5 Å². The lowest BCUT2D eigenvalue weighted by Crippen LogP contribution is -2.52. The molecule has 3 amide bonds. The molecule has 0 saturated heterocycles. The number of hydrogen-bond donors (Lipinski definition) is 5. The number of carbonyl (C=O) groups excluding carboxylic acids is 4. The van der Waals surface area contributed by atoms with Crippen LogP contribution in [0, 0.1) is 0 Å². The normalized spacial score (nSPS) is 12.0. The van der Waals surface area contributed by atoms with Gasteiger partial charge in [0.1, 0.15) is 24.4 Å². The van der Waals surface area contributed by atoms with Crippen LogP contribution in [0.1, 0.15) is 16.8 Å². The summed E-state index contributed by atoms with van der Waals surface area (Å²) in [4.78, 5) is 56.7. The number of hydrogen-bond acceptors (Lipinski definition) is 8. The maximum Gasteiger partial charge on any atom is 0.408 e. The smallest absolute Gasteiger partial charge is 0.408 e. The molecule has 0 aliphatic rings. The van der Waals surface area contributed by atoms with Crippen molar-refractivity contribution in [2.24, 2.45) is 0 Å². The van der Waals surface area contributed by atoms with Crippen LogP contribution in [0.4, 0.5) is 4.79 Å². The fourth-order valence-corrected chi connectivity index (χ4v) is 3.47. The molecule has 0 spiro atoms. The van der Waals surface area contributed by atoms with E-state index in [1.165, 1.54) is 31.8 Å². The number of alkyl carbamates (subject to hydrolysis) is 1. The molecule has 5 N–H and O–H groups in total. The Bertz CT molecular complexity index is 1200. The SMILES string of the molecule is COC(=O)[C@H](Cc1ccc(O)cc1)NC(=O)CNC(=O)[C@H](Cc1cnc[nH]1)NC(=O)OCc1ccccc1. The van der Waals surface area contributed by atoms with Gasteiger partial charge in [0, 0.05) is 24.7 Å². The van der Waals surface area contributed by atoms with Crippen molar-refractivity contribution in [3.8, 4) is 5.75 Å². The van der Waals surface area contributed by atoms with Crippen molar-refractivity contribution in [2.75, 3.05) is 13.7 Å². The first-order chi connectivity index (χ1) is 18.3. The third-order valence-electron chi connectivity index (χ3n) is 5.42. The summed E-state index contributed by atoms with van der Waals surface area (Å²) in [5.41, 5.74) is 2.04. The molecule has 2 aromatic carbocycles. The number of methoxy groups -OCH3 is 1. The Kier molecular flexibility index (Phi) is 10.2. The van der Waals surface area contributed by atoms with Crippen molar-refractivity contribution < 1.29 is 33.8 Å². The van der Waals surface area contributed by atoms with E-state index in [-0.39, 0.29) is 25.2 Å². The van der Waals surface area contributed by atoms with E-state index < -0.39 is 42.5 Å². The molecule has 38 heavy (non-hydrogen) atoms. The summed E-state index contributed by atoms with van der Waals surface area (Å²) in [6.07, 6.45) is 2.32. The zero-order valence-corrected chi connectivity index (χ0v) is 20.7. The van der Waals surface area contributed by atoms with E-state index in [2.05, 4.69) is 25.9 Å². The summed E-state index contributed by atoms with van der Waals surface area (Å²) < 4.78 is 9.98. The Morgan fingerprint density at radius 2 is 1.68 bits per heavy atom. The van der Waals surface area contributed by atoms with Gasteiger partial charge in [-0.25, -0.2) is 14.6 Å². The predicted octanol–water partition coefficient (Wildman–Crippen LogP) is 0.970. The summed E-state index contributed by atoms with van der Waals surface area (Å²) in [7, 11) is 1.20. The van der Waals surface area contributed by atoms with Gasteiger partial charge in [-0.3, -0.25) is 9.59 Å². The number of amides is 3. The Balaban J connectivity index is 1.56. The van der Waals surface area contributed by atoms with Gasteiger partial charge in [-0.1, -0.05) is 42.5 Å². The molecule has 12 heteroatoms. The number of H-pyrrole nitrogens is 1. The largest absolute Gasteiger partial charge is 0.508 e. The lowest BCUT2D eigenvalue weighted by atomic mass is 10.1. The molecule has 2 atom stereocenters. The summed E-state index contributed by atoms with van der Waals surface area (Å²) in [5, 5.41) is 16.9. The van der Waals surface area contributed by atoms with Gasteiger partial charge in [-0.2, -0.15) is 0 Å². The first-order valence-corrected chi connectivity index (χ1v) is 11.7. The summed E-state index contributed by atoms with van der Waals surface area (Å²) in [6, 6.07) is 13.1. The molecule has 3 rings (SSSR count). The first kappa shape index (κ1) is 27.7. The van der Waals surface area contributed by atoms with Crippen molar-refractivity contribution in [3.63, 3.8) is 0 Å². The minimum atomic E-state index is -1.07. The second-order valence-corrected chi connectivity index (χ2v) is 8.27. The minimum Gasteiger partial charge on any atom is -0.508 e. The van der Waals surface area contributed by atoms with Gasteiger partial charge < -0.3 is 35.5 Å². The van der Waals surface area contributed by atoms with Gasteiger partial charge in [0.05, 0.1) is 20.0 Å². The van der Waals surface area contributed by atoms with Gasteiger partial charge in [0.25, 0.3) is 0 Å². The summed E-state index contributed by atoms with van der Waals surface area (Å²) in [6.45, 7) is -0.439. The molecular formula is C26H29N5O7. The first-order valence-electron chi connectivity index (χ1n) is 11.7. The number of ether oxygens (including phenoxy) is 2. The molecule has 200 valence electrons. The van der Waals surface area contributed by atoms with Crippen molar-refractivity contribution in [1.29, 1.82) is 0 Å². The van der Waals surface area contributed by atoms with E-state index in [1.54, 1.807) is 24.3 Å². The lowest BCUT2D eigenvalue weighted by Gasteiger charge is -2.19. The number of nitrogens with one attached hydrogen (secondary N) is 4. The highest BCUT2D eigenvalue weighted by molar-refractivity contribution is 5.91. The number of esters is 1. The Morgan fingerprint density at radius 3 is 2.34 bits per heavy atom. The molecule has 0 fully saturated rings.